The summed E-state index contributed by atoms with van der Waals surface area (Å²) in [4.78, 5) is 0. The fourth-order valence-electron chi connectivity index (χ4n) is 2.67. The first-order valence-electron chi connectivity index (χ1n) is 7.14. The van der Waals surface area contributed by atoms with Gasteiger partial charge in [0.05, 0.1) is 0 Å². The molecule has 0 aliphatic rings. The van der Waals surface area contributed by atoms with Crippen LogP contribution in [0.4, 0.5) is 17.6 Å². The Kier molecular flexibility index (Phi) is 4.84. The van der Waals surface area contributed by atoms with E-state index in [0.29, 0.717) is 0 Å². The predicted octanol–water partition coefficient (Wildman–Crippen LogP) is 3.78. The molecule has 0 unspecified atom stereocenters. The Hall–Kier alpha value is -1.45. The fourth-order valence-corrected chi connectivity index (χ4v) is 10.9. The van der Waals surface area contributed by atoms with Crippen molar-refractivity contribution >= 4 is 27.0 Å². The third kappa shape index (κ3) is 3.91. The Morgan fingerprint density at radius 3 is 1.35 bits per heavy atom. The standard InChI is InChI=1S/C16H18F4OSi2/c1-22(2,15-9-11(17)5-7-13(15)19)21-23(3,4)16-10-12(18)6-8-14(16)20/h5-10H,1-4H3. The second kappa shape index (κ2) is 6.22. The normalized spacial score (nSPS) is 12.5. The van der Waals surface area contributed by atoms with Gasteiger partial charge in [0.1, 0.15) is 23.3 Å². The molecule has 7 heteroatoms. The van der Waals surface area contributed by atoms with Gasteiger partial charge in [-0.25, -0.2) is 17.6 Å². The van der Waals surface area contributed by atoms with Gasteiger partial charge in [0.15, 0.2) is 0 Å². The van der Waals surface area contributed by atoms with Gasteiger partial charge >= 0.3 is 0 Å². The molecule has 0 saturated heterocycles. The van der Waals surface area contributed by atoms with Crippen LogP contribution in [0, 0.1) is 23.3 Å². The van der Waals surface area contributed by atoms with Crippen LogP contribution in [0.15, 0.2) is 36.4 Å². The van der Waals surface area contributed by atoms with Gasteiger partial charge in [-0.15, -0.1) is 0 Å². The van der Waals surface area contributed by atoms with E-state index in [4.69, 9.17) is 4.12 Å². The lowest BCUT2D eigenvalue weighted by molar-refractivity contribution is 0.553. The van der Waals surface area contributed by atoms with Crippen LogP contribution in [0.2, 0.25) is 26.2 Å². The van der Waals surface area contributed by atoms with Gasteiger partial charge in [-0.3, -0.25) is 0 Å². The van der Waals surface area contributed by atoms with E-state index in [1.54, 1.807) is 26.2 Å². The van der Waals surface area contributed by atoms with E-state index in [9.17, 15) is 17.6 Å². The van der Waals surface area contributed by atoms with Gasteiger partial charge in [-0.2, -0.15) is 0 Å². The van der Waals surface area contributed by atoms with Gasteiger partial charge in [-0.05, 0) is 62.6 Å². The van der Waals surface area contributed by atoms with Crippen molar-refractivity contribution < 1.29 is 21.7 Å². The second-order valence-corrected chi connectivity index (χ2v) is 14.3. The van der Waals surface area contributed by atoms with E-state index in [1.165, 1.54) is 0 Å². The van der Waals surface area contributed by atoms with Crippen molar-refractivity contribution in [3.05, 3.63) is 59.7 Å². The molecular weight excluding hydrogens is 340 g/mol. The molecule has 0 fully saturated rings. The van der Waals surface area contributed by atoms with Crippen LogP contribution in [0.25, 0.3) is 0 Å². The van der Waals surface area contributed by atoms with Crippen LogP contribution in [0.1, 0.15) is 0 Å². The first-order valence-corrected chi connectivity index (χ1v) is 13.0. The zero-order valence-corrected chi connectivity index (χ0v) is 15.4. The lowest BCUT2D eigenvalue weighted by Crippen LogP contribution is -2.59. The monoisotopic (exact) mass is 358 g/mol. The molecule has 2 aromatic rings. The molecule has 124 valence electrons. The Labute approximate surface area is 135 Å². The maximum atomic E-state index is 14.1. The van der Waals surface area contributed by atoms with Crippen LogP contribution < -0.4 is 10.4 Å². The number of rotatable bonds is 4. The summed E-state index contributed by atoms with van der Waals surface area (Å²) < 4.78 is 61.1. The molecule has 2 aromatic carbocycles. The minimum absolute atomic E-state index is 0.176. The third-order valence-corrected chi connectivity index (χ3v) is 11.1. The second-order valence-electron chi connectivity index (χ2n) is 6.37. The maximum Gasteiger partial charge on any atom is 0.209 e. The van der Waals surface area contributed by atoms with E-state index >= 15 is 0 Å². The van der Waals surface area contributed by atoms with Crippen LogP contribution in [0.5, 0.6) is 0 Å². The highest BCUT2D eigenvalue weighted by Crippen LogP contribution is 2.18. The molecular formula is C16H18F4OSi2. The van der Waals surface area contributed by atoms with Crippen molar-refractivity contribution in [3.63, 3.8) is 0 Å². The largest absolute Gasteiger partial charge is 0.449 e. The maximum absolute atomic E-state index is 14.1. The summed E-state index contributed by atoms with van der Waals surface area (Å²) in [5.41, 5.74) is 0. The lowest BCUT2D eigenvalue weighted by atomic mass is 10.3. The fraction of sp³-hybridized carbons (Fsp3) is 0.250. The molecule has 0 aromatic heterocycles. The molecule has 2 rings (SSSR count). The molecule has 0 atom stereocenters. The number of benzene rings is 2. The summed E-state index contributed by atoms with van der Waals surface area (Å²) >= 11 is 0. The van der Waals surface area contributed by atoms with Crippen LogP contribution >= 0.6 is 0 Å². The molecule has 0 radical (unpaired) electrons. The van der Waals surface area contributed by atoms with E-state index in [1.807, 2.05) is 0 Å². The van der Waals surface area contributed by atoms with Crippen molar-refractivity contribution in [2.24, 2.45) is 0 Å². The van der Waals surface area contributed by atoms with Gasteiger partial charge < -0.3 is 4.12 Å². The molecule has 0 amide bonds. The van der Waals surface area contributed by atoms with Crippen LogP contribution in [-0.2, 0) is 4.12 Å². The van der Waals surface area contributed by atoms with E-state index in [0.717, 1.165) is 36.4 Å². The zero-order chi connectivity index (χ0) is 17.4. The molecule has 0 heterocycles. The van der Waals surface area contributed by atoms with Crippen molar-refractivity contribution in [3.8, 4) is 0 Å². The summed E-state index contributed by atoms with van der Waals surface area (Å²) in [6, 6.07) is 6.43. The molecule has 0 aliphatic carbocycles. The molecule has 0 spiro atoms. The highest BCUT2D eigenvalue weighted by Gasteiger charge is 2.39. The van der Waals surface area contributed by atoms with E-state index in [2.05, 4.69) is 0 Å². The van der Waals surface area contributed by atoms with E-state index < -0.39 is 39.9 Å². The zero-order valence-electron chi connectivity index (χ0n) is 13.4. The highest BCUT2D eigenvalue weighted by molar-refractivity contribution is 6.96. The molecule has 0 N–H and O–H groups in total. The average Bonchev–Trinajstić information content (AvgIpc) is 2.42. The van der Waals surface area contributed by atoms with E-state index in [-0.39, 0.29) is 10.4 Å². The quantitative estimate of drug-likeness (QED) is 0.597. The number of halogens is 4. The minimum atomic E-state index is -2.86. The predicted molar refractivity (Wildman–Crippen MR) is 88.0 cm³/mol. The van der Waals surface area contributed by atoms with Crippen LogP contribution in [-0.4, -0.2) is 16.6 Å². The molecule has 1 nitrogen and oxygen atoms in total. The highest BCUT2D eigenvalue weighted by atomic mass is 28.4. The summed E-state index contributed by atoms with van der Waals surface area (Å²) in [5, 5.41) is 0.352. The average molecular weight is 358 g/mol. The molecule has 0 saturated carbocycles. The molecule has 23 heavy (non-hydrogen) atoms. The van der Waals surface area contributed by atoms with Gasteiger partial charge in [0.2, 0.25) is 16.6 Å². The summed E-state index contributed by atoms with van der Waals surface area (Å²) in [7, 11) is -5.71. The SMILES string of the molecule is C[Si](C)(O[Si](C)(C)c1cc(F)ccc1F)c1cc(F)ccc1F. The third-order valence-electron chi connectivity index (χ3n) is 3.66. The minimum Gasteiger partial charge on any atom is -0.449 e. The Bertz CT molecular complexity index is 671. The van der Waals surface area contributed by atoms with Crippen molar-refractivity contribution in [2.45, 2.75) is 26.2 Å². The first kappa shape index (κ1) is 17.9. The Morgan fingerprint density at radius 1 is 0.652 bits per heavy atom. The topological polar surface area (TPSA) is 9.23 Å². The van der Waals surface area contributed by atoms with Crippen molar-refractivity contribution in [1.82, 2.24) is 0 Å². The molecule has 0 bridgehead atoms. The smallest absolute Gasteiger partial charge is 0.209 e. The van der Waals surface area contributed by atoms with Gasteiger partial charge in [0.25, 0.3) is 0 Å². The summed E-state index contributed by atoms with van der Waals surface area (Å²) in [5.74, 6) is -2.20. The van der Waals surface area contributed by atoms with Crippen molar-refractivity contribution in [2.75, 3.05) is 0 Å². The summed E-state index contributed by atoms with van der Waals surface area (Å²) in [6.45, 7) is 6.88. The summed E-state index contributed by atoms with van der Waals surface area (Å²) in [6.07, 6.45) is 0. The van der Waals surface area contributed by atoms with Crippen LogP contribution in [0.3, 0.4) is 0 Å². The Morgan fingerprint density at radius 2 is 1.00 bits per heavy atom. The first-order chi connectivity index (χ1) is 10.5. The van der Waals surface area contributed by atoms with Crippen molar-refractivity contribution in [1.29, 1.82) is 0 Å². The lowest BCUT2D eigenvalue weighted by Gasteiger charge is -2.34. The van der Waals surface area contributed by atoms with Gasteiger partial charge in [0, 0.05) is 10.4 Å². The number of hydrogen-bond donors (Lipinski definition) is 0. The Balaban J connectivity index is 2.42. The molecule has 0 aliphatic heterocycles. The van der Waals surface area contributed by atoms with Gasteiger partial charge in [-0.1, -0.05) is 0 Å². The number of hydrogen-bond acceptors (Lipinski definition) is 1.